The lowest BCUT2D eigenvalue weighted by molar-refractivity contribution is -0.139. The molecule has 0 aliphatic rings. The van der Waals surface area contributed by atoms with Crippen molar-refractivity contribution in [1.82, 2.24) is 10.9 Å². The van der Waals surface area contributed by atoms with E-state index in [1.54, 1.807) is 11.5 Å². The minimum absolute atomic E-state index is 0.0392. The third kappa shape index (κ3) is 7.73. The van der Waals surface area contributed by atoms with Gasteiger partial charge in [-0.3, -0.25) is 24.6 Å². The molecule has 0 fully saturated rings. The van der Waals surface area contributed by atoms with Crippen LogP contribution in [-0.2, 0) is 14.4 Å². The smallest absolute Gasteiger partial charge is 0.330 e. The Kier molecular flexibility index (Phi) is 9.80. The Balaban J connectivity index is 2.13. The molecule has 0 bridgehead atoms. The Bertz CT molecular complexity index is 1140. The molecule has 2 aromatic rings. The van der Waals surface area contributed by atoms with Crippen LogP contribution in [0.4, 0.5) is 5.69 Å². The van der Waals surface area contributed by atoms with Crippen molar-refractivity contribution < 1.29 is 29.0 Å². The summed E-state index contributed by atoms with van der Waals surface area (Å²) in [6, 6.07) is 8.57. The maximum atomic E-state index is 12.7. The van der Waals surface area contributed by atoms with Crippen molar-refractivity contribution >= 4 is 58.1 Å². The summed E-state index contributed by atoms with van der Waals surface area (Å²) >= 11 is 11.9. The van der Waals surface area contributed by atoms with Crippen LogP contribution < -0.4 is 26.7 Å². The van der Waals surface area contributed by atoms with Gasteiger partial charge in [-0.05, 0) is 42.8 Å². The summed E-state index contributed by atoms with van der Waals surface area (Å²) in [5, 5.41) is 16.8. The van der Waals surface area contributed by atoms with Crippen molar-refractivity contribution in [3.8, 4) is 11.5 Å². The van der Waals surface area contributed by atoms with E-state index in [0.717, 1.165) is 0 Å². The minimum atomic E-state index is -1.16. The number of amides is 3. The Morgan fingerprint density at radius 2 is 1.79 bits per heavy atom. The second-order valence-corrected chi connectivity index (χ2v) is 7.59. The second-order valence-electron chi connectivity index (χ2n) is 6.75. The van der Waals surface area contributed by atoms with Crippen LogP contribution >= 0.6 is 23.2 Å². The Hall–Kier alpha value is -3.67. The predicted octanol–water partition coefficient (Wildman–Crippen LogP) is 2.16. The molecule has 0 heterocycles. The maximum Gasteiger partial charge on any atom is 0.330 e. The molecule has 0 atom stereocenters. The maximum absolute atomic E-state index is 12.7. The van der Waals surface area contributed by atoms with Crippen LogP contribution in [0.25, 0.3) is 0 Å². The number of ketones is 1. The van der Waals surface area contributed by atoms with Gasteiger partial charge in [-0.1, -0.05) is 23.2 Å². The van der Waals surface area contributed by atoms with E-state index in [-0.39, 0.29) is 47.1 Å². The molecular weight excluding hydrogens is 489 g/mol. The van der Waals surface area contributed by atoms with Crippen LogP contribution in [0.2, 0.25) is 10.0 Å². The molecule has 0 spiro atoms. The Morgan fingerprint density at radius 3 is 2.44 bits per heavy atom. The zero-order chi connectivity index (χ0) is 25.3. The lowest BCUT2D eigenvalue weighted by atomic mass is 10.0. The number of hydrogen-bond acceptors (Lipinski definition) is 8. The van der Waals surface area contributed by atoms with Crippen molar-refractivity contribution in [2.45, 2.75) is 19.3 Å². The summed E-state index contributed by atoms with van der Waals surface area (Å²) in [6.07, 6.45) is -0.459. The number of anilines is 1. The number of methoxy groups -OCH3 is 1. The third-order valence-corrected chi connectivity index (χ3v) is 4.91. The van der Waals surface area contributed by atoms with E-state index >= 15 is 0 Å². The number of nitrogens with zero attached hydrogens (tertiary/aromatic N) is 1. The van der Waals surface area contributed by atoms with Crippen LogP contribution in [0.15, 0.2) is 41.5 Å². The highest BCUT2D eigenvalue weighted by atomic mass is 35.5. The van der Waals surface area contributed by atoms with Gasteiger partial charge >= 0.3 is 11.8 Å². The number of rotatable bonds is 9. The number of carbonyl (C=O) groups is 4. The van der Waals surface area contributed by atoms with Crippen molar-refractivity contribution in [2.24, 2.45) is 10.9 Å². The summed E-state index contributed by atoms with van der Waals surface area (Å²) in [4.78, 5) is 48.0. The van der Waals surface area contributed by atoms with Crippen LogP contribution in [0.1, 0.15) is 29.6 Å². The highest BCUT2D eigenvalue weighted by Crippen LogP contribution is 2.27. The fraction of sp³-hybridized carbons (Fsp3) is 0.190. The number of hydrazine groups is 1. The molecule has 0 aliphatic carbocycles. The number of hydrazone groups is 1. The molecule has 0 aromatic heterocycles. The fourth-order valence-electron chi connectivity index (χ4n) is 2.63. The highest BCUT2D eigenvalue weighted by molar-refractivity contribution is 6.36. The Morgan fingerprint density at radius 1 is 1.06 bits per heavy atom. The van der Waals surface area contributed by atoms with Crippen LogP contribution in [0.5, 0.6) is 11.5 Å². The molecule has 180 valence electrons. The zero-order valence-electron chi connectivity index (χ0n) is 17.9. The summed E-state index contributed by atoms with van der Waals surface area (Å²) < 4.78 is 4.99. The van der Waals surface area contributed by atoms with Crippen LogP contribution in [0.3, 0.4) is 0 Å². The molecule has 13 heteroatoms. The van der Waals surface area contributed by atoms with Gasteiger partial charge in [-0.15, -0.1) is 0 Å². The number of Topliss-reactive ketones (excluding diaryl/α,β-unsaturated/α-hetero) is 1. The van der Waals surface area contributed by atoms with Crippen molar-refractivity contribution in [3.05, 3.63) is 52.0 Å². The molecule has 0 unspecified atom stereocenters. The first kappa shape index (κ1) is 26.6. The molecule has 3 amide bonds. The number of benzene rings is 2. The lowest BCUT2D eigenvalue weighted by Crippen LogP contribution is -2.41. The number of ether oxygens (including phenoxy) is 1. The number of phenolic OH excluding ortho intramolecular Hbond substituents is 1. The number of aromatic hydroxyl groups is 1. The average Bonchev–Trinajstić information content (AvgIpc) is 2.81. The standard InChI is InChI=1S/C21H21Cl2N5O6/c1-34-18-8-11(2-6-16(18)29)17(30)10-13(27-28-21(33)20(32)26-24)4-7-19(31)25-15-5-3-12(22)9-14(15)23/h2-3,5-6,8-9,29H,4,7,10,24H2,1H3,(H,25,31)(H,26,32)(H,28,33). The summed E-state index contributed by atoms with van der Waals surface area (Å²) in [7, 11) is 1.33. The van der Waals surface area contributed by atoms with E-state index in [4.69, 9.17) is 33.8 Å². The minimum Gasteiger partial charge on any atom is -0.504 e. The first-order valence-corrected chi connectivity index (χ1v) is 10.4. The van der Waals surface area contributed by atoms with E-state index in [1.165, 1.54) is 37.4 Å². The SMILES string of the molecule is COc1cc(C(=O)CC(CCC(=O)Nc2ccc(Cl)cc2Cl)=NNC(=O)C(=O)NN)ccc1O. The third-order valence-electron chi connectivity index (χ3n) is 4.37. The molecule has 2 aromatic carbocycles. The van der Waals surface area contributed by atoms with Gasteiger partial charge in [0.05, 0.1) is 24.2 Å². The van der Waals surface area contributed by atoms with Crippen molar-refractivity contribution in [3.63, 3.8) is 0 Å². The summed E-state index contributed by atoms with van der Waals surface area (Å²) in [5.41, 5.74) is 4.28. The van der Waals surface area contributed by atoms with E-state index in [1.807, 2.05) is 5.43 Å². The average molecular weight is 510 g/mol. The predicted molar refractivity (Wildman–Crippen MR) is 126 cm³/mol. The van der Waals surface area contributed by atoms with E-state index in [9.17, 15) is 24.3 Å². The zero-order valence-corrected chi connectivity index (χ0v) is 19.4. The molecule has 0 saturated heterocycles. The summed E-state index contributed by atoms with van der Waals surface area (Å²) in [6.45, 7) is 0. The largest absolute Gasteiger partial charge is 0.504 e. The number of hydrogen-bond donors (Lipinski definition) is 5. The number of carbonyl (C=O) groups excluding carboxylic acids is 4. The number of nitrogens with two attached hydrogens (primary N) is 1. The number of halogens is 2. The second kappa shape index (κ2) is 12.5. The molecule has 11 nitrogen and oxygen atoms in total. The quantitative estimate of drug-likeness (QED) is 0.0859. The summed E-state index contributed by atoms with van der Waals surface area (Å²) in [5.74, 6) is 1.67. The van der Waals surface area contributed by atoms with Gasteiger partial charge in [0.2, 0.25) is 5.91 Å². The first-order chi connectivity index (χ1) is 16.1. The Labute approximate surface area is 204 Å². The fourth-order valence-corrected chi connectivity index (χ4v) is 3.09. The van der Waals surface area contributed by atoms with Gasteiger partial charge in [0.25, 0.3) is 0 Å². The monoisotopic (exact) mass is 509 g/mol. The molecule has 0 aliphatic heterocycles. The molecule has 0 saturated carbocycles. The normalized spacial score (nSPS) is 10.9. The molecule has 34 heavy (non-hydrogen) atoms. The van der Waals surface area contributed by atoms with Gasteiger partial charge in [-0.2, -0.15) is 5.10 Å². The van der Waals surface area contributed by atoms with E-state index in [2.05, 4.69) is 10.4 Å². The molecule has 0 radical (unpaired) electrons. The van der Waals surface area contributed by atoms with Gasteiger partial charge in [0, 0.05) is 22.7 Å². The van der Waals surface area contributed by atoms with Gasteiger partial charge in [0.15, 0.2) is 17.3 Å². The first-order valence-electron chi connectivity index (χ1n) is 9.66. The van der Waals surface area contributed by atoms with Crippen LogP contribution in [0, 0.1) is 0 Å². The molecule has 2 rings (SSSR count). The van der Waals surface area contributed by atoms with Crippen molar-refractivity contribution in [2.75, 3.05) is 12.4 Å². The number of nitrogens with one attached hydrogen (secondary N) is 3. The van der Waals surface area contributed by atoms with E-state index in [0.29, 0.717) is 10.7 Å². The molecule has 6 N–H and O–H groups in total. The number of phenols is 1. The molecular formula is C21H21Cl2N5O6. The highest BCUT2D eigenvalue weighted by Gasteiger charge is 2.17. The van der Waals surface area contributed by atoms with E-state index < -0.39 is 23.5 Å². The topological polar surface area (TPSA) is 172 Å². The van der Waals surface area contributed by atoms with Gasteiger partial charge in [-0.25, -0.2) is 11.3 Å². The van der Waals surface area contributed by atoms with Gasteiger partial charge in [0.1, 0.15) is 0 Å². The van der Waals surface area contributed by atoms with Crippen LogP contribution in [-0.4, -0.2) is 41.4 Å². The lowest BCUT2D eigenvalue weighted by Gasteiger charge is -2.10. The van der Waals surface area contributed by atoms with Gasteiger partial charge < -0.3 is 15.2 Å². The van der Waals surface area contributed by atoms with Crippen molar-refractivity contribution in [1.29, 1.82) is 0 Å².